The Morgan fingerprint density at radius 2 is 1.88 bits per heavy atom. The van der Waals surface area contributed by atoms with E-state index < -0.39 is 11.8 Å². The summed E-state index contributed by atoms with van der Waals surface area (Å²) in [5.41, 5.74) is 1.89. The third-order valence-corrected chi connectivity index (χ3v) is 3.72. The van der Waals surface area contributed by atoms with Crippen LogP contribution in [0.15, 0.2) is 53.1 Å². The molecule has 0 saturated heterocycles. The van der Waals surface area contributed by atoms with E-state index in [1.54, 1.807) is 6.07 Å². The number of benzene rings is 2. The van der Waals surface area contributed by atoms with Crippen LogP contribution >= 0.6 is 0 Å². The molecule has 0 aliphatic rings. The monoisotopic (exact) mass is 340 g/mol. The third-order valence-electron chi connectivity index (χ3n) is 3.72. The molecule has 0 fully saturated rings. The number of hydrogen-bond donors (Lipinski definition) is 0. The van der Waals surface area contributed by atoms with Crippen molar-refractivity contribution in [2.75, 3.05) is 0 Å². The molecule has 3 aromatic rings. The van der Waals surface area contributed by atoms with Crippen molar-refractivity contribution < 1.29 is 18.4 Å². The van der Waals surface area contributed by atoms with E-state index in [4.69, 9.17) is 9.26 Å². The molecule has 25 heavy (non-hydrogen) atoms. The number of halogens is 1. The highest BCUT2D eigenvalue weighted by Gasteiger charge is 2.15. The fourth-order valence-corrected chi connectivity index (χ4v) is 2.28. The summed E-state index contributed by atoms with van der Waals surface area (Å²) in [5.74, 6) is -0.421. The molecule has 1 aromatic heterocycles. The summed E-state index contributed by atoms with van der Waals surface area (Å²) in [6.07, 6.45) is 0. The van der Waals surface area contributed by atoms with Gasteiger partial charge < -0.3 is 9.26 Å². The van der Waals surface area contributed by atoms with Crippen LogP contribution < -0.4 is 0 Å². The number of aromatic nitrogens is 2. The third kappa shape index (κ3) is 3.91. The van der Waals surface area contributed by atoms with Gasteiger partial charge in [-0.3, -0.25) is 0 Å². The van der Waals surface area contributed by atoms with Crippen LogP contribution in [-0.4, -0.2) is 16.1 Å². The zero-order chi connectivity index (χ0) is 17.8. The van der Waals surface area contributed by atoms with Crippen LogP contribution in [0.1, 0.15) is 41.6 Å². The first-order valence-corrected chi connectivity index (χ1v) is 7.89. The average Bonchev–Trinajstić information content (AvgIpc) is 3.09. The molecule has 0 aliphatic heterocycles. The summed E-state index contributed by atoms with van der Waals surface area (Å²) in [7, 11) is 0. The Balaban J connectivity index is 1.66. The predicted octanol–water partition coefficient (Wildman–Crippen LogP) is 4.36. The second kappa shape index (κ2) is 7.25. The number of rotatable bonds is 5. The summed E-state index contributed by atoms with van der Waals surface area (Å²) in [4.78, 5) is 16.1. The van der Waals surface area contributed by atoms with Crippen molar-refractivity contribution >= 4 is 5.97 Å². The van der Waals surface area contributed by atoms with Crippen molar-refractivity contribution in [3.8, 4) is 11.4 Å². The lowest BCUT2D eigenvalue weighted by molar-refractivity contribution is 0.0424. The minimum atomic E-state index is -0.779. The minimum absolute atomic E-state index is 0.133. The van der Waals surface area contributed by atoms with E-state index in [0.29, 0.717) is 11.7 Å². The zero-order valence-electron chi connectivity index (χ0n) is 13.9. The molecule has 0 N–H and O–H groups in total. The van der Waals surface area contributed by atoms with Gasteiger partial charge in [0.15, 0.2) is 6.61 Å². The molecule has 0 unspecified atom stereocenters. The number of carbonyl (C=O) groups excluding carboxylic acids is 1. The van der Waals surface area contributed by atoms with Gasteiger partial charge in [0.1, 0.15) is 5.82 Å². The average molecular weight is 340 g/mol. The first kappa shape index (κ1) is 16.8. The molecule has 0 atom stereocenters. The maximum absolute atomic E-state index is 13.5. The van der Waals surface area contributed by atoms with E-state index in [9.17, 15) is 9.18 Å². The number of ether oxygens (including phenoxy) is 1. The first-order valence-electron chi connectivity index (χ1n) is 7.89. The van der Waals surface area contributed by atoms with Crippen LogP contribution in [0.2, 0.25) is 0 Å². The molecule has 6 heteroatoms. The van der Waals surface area contributed by atoms with Gasteiger partial charge in [-0.15, -0.1) is 0 Å². The summed E-state index contributed by atoms with van der Waals surface area (Å²) < 4.78 is 23.6. The topological polar surface area (TPSA) is 65.2 Å². The molecule has 5 nitrogen and oxygen atoms in total. The fourth-order valence-electron chi connectivity index (χ4n) is 2.28. The molecule has 0 saturated carbocycles. The normalized spacial score (nSPS) is 10.9. The maximum atomic E-state index is 13.5. The molecule has 0 amide bonds. The van der Waals surface area contributed by atoms with E-state index >= 15 is 0 Å². The number of hydrogen-bond acceptors (Lipinski definition) is 5. The van der Waals surface area contributed by atoms with Gasteiger partial charge in [-0.2, -0.15) is 4.98 Å². The van der Waals surface area contributed by atoms with Gasteiger partial charge in [-0.05, 0) is 23.6 Å². The van der Waals surface area contributed by atoms with Crippen molar-refractivity contribution in [3.05, 3.63) is 71.4 Å². The standard InChI is InChI=1S/C19H17FN2O3/c1-12(2)13-7-9-14(10-8-13)18-21-17(25-22-18)11-24-19(23)15-5-3-4-6-16(15)20/h3-10,12H,11H2,1-2H3. The van der Waals surface area contributed by atoms with E-state index in [1.165, 1.54) is 23.8 Å². The molecule has 0 bridgehead atoms. The molecular formula is C19H17FN2O3. The molecule has 0 spiro atoms. The Hall–Kier alpha value is -3.02. The van der Waals surface area contributed by atoms with Gasteiger partial charge in [-0.25, -0.2) is 9.18 Å². The quantitative estimate of drug-likeness (QED) is 0.646. The molecule has 128 valence electrons. The highest BCUT2D eigenvalue weighted by molar-refractivity contribution is 5.89. The van der Waals surface area contributed by atoms with Crippen molar-refractivity contribution in [3.63, 3.8) is 0 Å². The number of esters is 1. The molecular weight excluding hydrogens is 323 g/mol. The van der Waals surface area contributed by atoms with Crippen molar-refractivity contribution in [2.45, 2.75) is 26.4 Å². The van der Waals surface area contributed by atoms with Crippen molar-refractivity contribution in [1.82, 2.24) is 10.1 Å². The van der Waals surface area contributed by atoms with Gasteiger partial charge >= 0.3 is 5.97 Å². The van der Waals surface area contributed by atoms with Crippen LogP contribution in [-0.2, 0) is 11.3 Å². The second-order valence-corrected chi connectivity index (χ2v) is 5.84. The summed E-state index contributed by atoms with van der Waals surface area (Å²) in [6, 6.07) is 13.5. The second-order valence-electron chi connectivity index (χ2n) is 5.84. The smallest absolute Gasteiger partial charge is 0.341 e. The molecule has 0 aliphatic carbocycles. The van der Waals surface area contributed by atoms with Crippen LogP contribution in [0.4, 0.5) is 4.39 Å². The van der Waals surface area contributed by atoms with Gasteiger partial charge in [0.25, 0.3) is 5.89 Å². The predicted molar refractivity (Wildman–Crippen MR) is 89.3 cm³/mol. The lowest BCUT2D eigenvalue weighted by Crippen LogP contribution is -2.07. The molecule has 3 rings (SSSR count). The molecule has 1 heterocycles. The van der Waals surface area contributed by atoms with Gasteiger partial charge in [0.05, 0.1) is 5.56 Å². The summed E-state index contributed by atoms with van der Waals surface area (Å²) in [6.45, 7) is 4.01. The molecule has 2 aromatic carbocycles. The van der Waals surface area contributed by atoms with Crippen LogP contribution in [0.25, 0.3) is 11.4 Å². The Kier molecular flexibility index (Phi) is 4.88. The fraction of sp³-hybridized carbons (Fsp3) is 0.211. The van der Waals surface area contributed by atoms with Gasteiger partial charge in [0.2, 0.25) is 5.82 Å². The van der Waals surface area contributed by atoms with E-state index in [2.05, 4.69) is 24.0 Å². The highest BCUT2D eigenvalue weighted by Crippen LogP contribution is 2.20. The van der Waals surface area contributed by atoms with E-state index in [-0.39, 0.29) is 18.1 Å². The lowest BCUT2D eigenvalue weighted by Gasteiger charge is -2.04. The van der Waals surface area contributed by atoms with Crippen LogP contribution in [0.5, 0.6) is 0 Å². The van der Waals surface area contributed by atoms with Gasteiger partial charge in [0, 0.05) is 5.56 Å². The molecule has 0 radical (unpaired) electrons. The summed E-state index contributed by atoms with van der Waals surface area (Å²) >= 11 is 0. The SMILES string of the molecule is CC(C)c1ccc(-c2noc(COC(=O)c3ccccc3F)n2)cc1. The minimum Gasteiger partial charge on any atom is -0.452 e. The van der Waals surface area contributed by atoms with Crippen molar-refractivity contribution in [1.29, 1.82) is 0 Å². The van der Waals surface area contributed by atoms with Crippen LogP contribution in [0.3, 0.4) is 0 Å². The number of carbonyl (C=O) groups is 1. The van der Waals surface area contributed by atoms with Crippen molar-refractivity contribution in [2.24, 2.45) is 0 Å². The largest absolute Gasteiger partial charge is 0.452 e. The van der Waals surface area contributed by atoms with Gasteiger partial charge in [-0.1, -0.05) is 55.4 Å². The lowest BCUT2D eigenvalue weighted by atomic mass is 10.0. The Morgan fingerprint density at radius 1 is 1.16 bits per heavy atom. The van der Waals surface area contributed by atoms with E-state index in [0.717, 1.165) is 5.56 Å². The Bertz CT molecular complexity index is 872. The van der Waals surface area contributed by atoms with E-state index in [1.807, 2.05) is 24.3 Å². The maximum Gasteiger partial charge on any atom is 0.341 e. The zero-order valence-corrected chi connectivity index (χ0v) is 13.9. The first-order chi connectivity index (χ1) is 12.0. The number of nitrogens with zero attached hydrogens (tertiary/aromatic N) is 2. The highest BCUT2D eigenvalue weighted by atomic mass is 19.1. The van der Waals surface area contributed by atoms with Crippen LogP contribution in [0, 0.1) is 5.82 Å². The summed E-state index contributed by atoms with van der Waals surface area (Å²) in [5, 5.41) is 3.88. The Labute approximate surface area is 144 Å². The Morgan fingerprint density at radius 3 is 2.56 bits per heavy atom.